The van der Waals surface area contributed by atoms with Crippen LogP contribution in [0.5, 0.6) is 0 Å². The molecule has 0 radical (unpaired) electrons. The molecule has 1 fully saturated rings. The molecule has 20 heavy (non-hydrogen) atoms. The molecule has 1 aromatic rings. The molecule has 0 unspecified atom stereocenters. The molecule has 0 amide bonds. The van der Waals surface area contributed by atoms with Crippen LogP contribution in [-0.2, 0) is 16.6 Å². The van der Waals surface area contributed by atoms with Crippen molar-refractivity contribution in [1.82, 2.24) is 10.0 Å². The second-order valence-electron chi connectivity index (χ2n) is 6.00. The van der Waals surface area contributed by atoms with Gasteiger partial charge in [-0.3, -0.25) is 0 Å². The number of sulfonamides is 1. The Morgan fingerprint density at radius 2 is 2.05 bits per heavy atom. The van der Waals surface area contributed by atoms with Crippen molar-refractivity contribution in [2.45, 2.75) is 56.3 Å². The summed E-state index contributed by atoms with van der Waals surface area (Å²) in [5.41, 5.74) is -0.344. The van der Waals surface area contributed by atoms with E-state index in [0.29, 0.717) is 10.1 Å². The highest BCUT2D eigenvalue weighted by Gasteiger charge is 2.40. The van der Waals surface area contributed by atoms with E-state index in [9.17, 15) is 8.42 Å². The zero-order valence-electron chi connectivity index (χ0n) is 12.4. The molecule has 0 spiro atoms. The first kappa shape index (κ1) is 15.9. The summed E-state index contributed by atoms with van der Waals surface area (Å²) in [5.74, 6) is 0.475. The molecule has 1 aliphatic carbocycles. The molecule has 0 aromatic carbocycles. The van der Waals surface area contributed by atoms with Gasteiger partial charge < -0.3 is 5.32 Å². The summed E-state index contributed by atoms with van der Waals surface area (Å²) in [6, 6.07) is 3.60. The molecule has 6 heteroatoms. The van der Waals surface area contributed by atoms with Gasteiger partial charge in [-0.1, -0.05) is 6.92 Å². The van der Waals surface area contributed by atoms with Gasteiger partial charge in [0.25, 0.3) is 10.0 Å². The topological polar surface area (TPSA) is 58.2 Å². The van der Waals surface area contributed by atoms with Gasteiger partial charge in [0, 0.05) is 17.0 Å². The van der Waals surface area contributed by atoms with E-state index in [1.54, 1.807) is 6.07 Å². The van der Waals surface area contributed by atoms with Crippen molar-refractivity contribution in [3.63, 3.8) is 0 Å². The van der Waals surface area contributed by atoms with E-state index in [0.717, 1.165) is 37.2 Å². The van der Waals surface area contributed by atoms with Crippen molar-refractivity contribution < 1.29 is 8.42 Å². The minimum absolute atomic E-state index is 0.344. The average molecular weight is 316 g/mol. The molecule has 1 heterocycles. The Morgan fingerprint density at radius 1 is 1.35 bits per heavy atom. The van der Waals surface area contributed by atoms with E-state index in [1.807, 2.05) is 19.9 Å². The van der Waals surface area contributed by atoms with E-state index < -0.39 is 10.0 Å². The maximum atomic E-state index is 12.4. The second kappa shape index (κ2) is 6.13. The van der Waals surface area contributed by atoms with Gasteiger partial charge in [0.15, 0.2) is 0 Å². The summed E-state index contributed by atoms with van der Waals surface area (Å²) in [7, 11) is -3.39. The Hall–Kier alpha value is -0.430. The predicted octanol–water partition coefficient (Wildman–Crippen LogP) is 2.71. The molecule has 1 aliphatic rings. The van der Waals surface area contributed by atoms with Gasteiger partial charge in [0.2, 0.25) is 0 Å². The van der Waals surface area contributed by atoms with Gasteiger partial charge in [0.1, 0.15) is 4.21 Å². The molecule has 4 nitrogen and oxygen atoms in total. The van der Waals surface area contributed by atoms with Crippen LogP contribution in [0.15, 0.2) is 16.3 Å². The quantitative estimate of drug-likeness (QED) is 0.725. The van der Waals surface area contributed by atoms with Crippen molar-refractivity contribution >= 4 is 21.4 Å². The Kier molecular flexibility index (Phi) is 4.89. The lowest BCUT2D eigenvalue weighted by Gasteiger charge is -2.25. The van der Waals surface area contributed by atoms with Gasteiger partial charge in [-0.25, -0.2) is 13.1 Å². The van der Waals surface area contributed by atoms with Crippen molar-refractivity contribution in [2.24, 2.45) is 5.92 Å². The first-order valence-corrected chi connectivity index (χ1v) is 9.48. The van der Waals surface area contributed by atoms with Gasteiger partial charge in [-0.2, -0.15) is 0 Å². The van der Waals surface area contributed by atoms with Crippen LogP contribution in [0, 0.1) is 5.92 Å². The number of hydrogen-bond acceptors (Lipinski definition) is 4. The van der Waals surface area contributed by atoms with Crippen LogP contribution >= 0.6 is 11.3 Å². The van der Waals surface area contributed by atoms with E-state index in [1.165, 1.54) is 11.3 Å². The van der Waals surface area contributed by atoms with E-state index in [2.05, 4.69) is 17.0 Å². The van der Waals surface area contributed by atoms with Crippen LogP contribution in [0.2, 0.25) is 0 Å². The molecule has 1 aromatic heterocycles. The fourth-order valence-corrected chi connectivity index (χ4v) is 5.07. The van der Waals surface area contributed by atoms with Gasteiger partial charge in [-0.05, 0) is 57.7 Å². The highest BCUT2D eigenvalue weighted by molar-refractivity contribution is 7.91. The fourth-order valence-electron chi connectivity index (χ4n) is 2.27. The van der Waals surface area contributed by atoms with E-state index in [4.69, 9.17) is 0 Å². The van der Waals surface area contributed by atoms with Crippen molar-refractivity contribution in [1.29, 1.82) is 0 Å². The fraction of sp³-hybridized carbons (Fsp3) is 0.714. The third-order valence-electron chi connectivity index (χ3n) is 3.62. The third kappa shape index (κ3) is 4.04. The second-order valence-corrected chi connectivity index (χ2v) is 9.08. The van der Waals surface area contributed by atoms with Crippen molar-refractivity contribution in [3.05, 3.63) is 17.0 Å². The van der Waals surface area contributed by atoms with E-state index in [-0.39, 0.29) is 5.54 Å². The molecule has 0 saturated heterocycles. The highest BCUT2D eigenvalue weighted by Crippen LogP contribution is 2.40. The Morgan fingerprint density at radius 3 is 2.65 bits per heavy atom. The number of thiophene rings is 1. The zero-order valence-corrected chi connectivity index (χ0v) is 14.0. The summed E-state index contributed by atoms with van der Waals surface area (Å²) in [6.45, 7) is 7.74. The molecule has 2 N–H and O–H groups in total. The number of nitrogens with one attached hydrogen (secondary N) is 2. The summed E-state index contributed by atoms with van der Waals surface area (Å²) in [5, 5.41) is 3.29. The van der Waals surface area contributed by atoms with E-state index >= 15 is 0 Å². The van der Waals surface area contributed by atoms with Crippen LogP contribution in [0.1, 0.15) is 44.9 Å². The number of hydrogen-bond donors (Lipinski definition) is 2. The summed E-state index contributed by atoms with van der Waals surface area (Å²) in [4.78, 5) is 1.06. The standard InChI is InChI=1S/C14H24N2O2S2/c1-4-9-15-10-12-7-8-13(19-12)20(17,18)16-14(2,3)11-5-6-11/h7-8,11,15-16H,4-6,9-10H2,1-3H3. The maximum absolute atomic E-state index is 12.4. The molecular weight excluding hydrogens is 292 g/mol. The lowest BCUT2D eigenvalue weighted by atomic mass is 10.0. The molecular formula is C14H24N2O2S2. The van der Waals surface area contributed by atoms with Gasteiger partial charge >= 0.3 is 0 Å². The van der Waals surface area contributed by atoms with Crippen LogP contribution in [0.4, 0.5) is 0 Å². The van der Waals surface area contributed by atoms with Crippen LogP contribution in [-0.4, -0.2) is 20.5 Å². The SMILES string of the molecule is CCCNCc1ccc(S(=O)(=O)NC(C)(C)C2CC2)s1. The smallest absolute Gasteiger partial charge is 0.250 e. The predicted molar refractivity (Wildman–Crippen MR) is 83.4 cm³/mol. The first-order valence-electron chi connectivity index (χ1n) is 7.18. The van der Waals surface area contributed by atoms with Crippen LogP contribution in [0.3, 0.4) is 0 Å². The molecule has 0 bridgehead atoms. The average Bonchev–Trinajstić information content (AvgIpc) is 3.09. The van der Waals surface area contributed by atoms with Gasteiger partial charge in [-0.15, -0.1) is 11.3 Å². The molecule has 2 rings (SSSR count). The molecule has 114 valence electrons. The zero-order chi connectivity index (χ0) is 14.8. The Labute approximate surface area is 126 Å². The first-order chi connectivity index (χ1) is 9.35. The molecule has 0 aliphatic heterocycles. The summed E-state index contributed by atoms with van der Waals surface area (Å²) >= 11 is 1.35. The third-order valence-corrected chi connectivity index (χ3v) is 6.87. The normalized spacial score (nSPS) is 16.6. The summed E-state index contributed by atoms with van der Waals surface area (Å²) in [6.07, 6.45) is 3.31. The highest BCUT2D eigenvalue weighted by atomic mass is 32.2. The van der Waals surface area contributed by atoms with Crippen LogP contribution in [0.25, 0.3) is 0 Å². The Bertz CT molecular complexity index is 545. The molecule has 0 atom stereocenters. The monoisotopic (exact) mass is 316 g/mol. The number of rotatable bonds is 8. The largest absolute Gasteiger partial charge is 0.312 e. The van der Waals surface area contributed by atoms with Crippen molar-refractivity contribution in [2.75, 3.05) is 6.54 Å². The minimum Gasteiger partial charge on any atom is -0.312 e. The lowest BCUT2D eigenvalue weighted by Crippen LogP contribution is -2.44. The lowest BCUT2D eigenvalue weighted by molar-refractivity contribution is 0.401. The summed E-state index contributed by atoms with van der Waals surface area (Å²) < 4.78 is 28.1. The van der Waals surface area contributed by atoms with Gasteiger partial charge in [0.05, 0.1) is 0 Å². The molecule has 1 saturated carbocycles. The Balaban J connectivity index is 2.02. The van der Waals surface area contributed by atoms with Crippen LogP contribution < -0.4 is 10.0 Å². The minimum atomic E-state index is -3.39. The van der Waals surface area contributed by atoms with Crippen molar-refractivity contribution in [3.8, 4) is 0 Å². The maximum Gasteiger partial charge on any atom is 0.250 e.